The van der Waals surface area contributed by atoms with Gasteiger partial charge in [-0.3, -0.25) is 0 Å². The molecule has 0 N–H and O–H groups in total. The molecule has 0 amide bonds. The highest BCUT2D eigenvalue weighted by Gasteiger charge is 2.14. The van der Waals surface area contributed by atoms with Crippen LogP contribution in [0.2, 0.25) is 0 Å². The number of benzene rings is 10. The van der Waals surface area contributed by atoms with Crippen molar-refractivity contribution in [3.05, 3.63) is 170 Å². The van der Waals surface area contributed by atoms with Crippen molar-refractivity contribution < 1.29 is 4.42 Å². The van der Waals surface area contributed by atoms with Crippen LogP contribution in [0, 0.1) is 0 Å². The van der Waals surface area contributed by atoms with Crippen LogP contribution in [0.4, 0.5) is 0 Å². The Bertz CT molecular complexity index is 2950. The molecule has 10 aromatic carbocycles. The number of rotatable bonds is 2. The van der Waals surface area contributed by atoms with Crippen LogP contribution in [-0.4, -0.2) is 0 Å². The zero-order valence-electron chi connectivity index (χ0n) is 26.6. The second-order valence-electron chi connectivity index (χ2n) is 13.3. The molecule has 1 nitrogen and oxygen atoms in total. The first-order valence-electron chi connectivity index (χ1n) is 16.9. The van der Waals surface area contributed by atoms with Crippen molar-refractivity contribution in [1.82, 2.24) is 0 Å². The zero-order valence-corrected chi connectivity index (χ0v) is 26.6. The maximum Gasteiger partial charge on any atom is 0.136 e. The summed E-state index contributed by atoms with van der Waals surface area (Å²) in [5, 5.41) is 17.4. The largest absolute Gasteiger partial charge is 0.456 e. The molecule has 1 heteroatoms. The first-order valence-corrected chi connectivity index (χ1v) is 16.9. The summed E-state index contributed by atoms with van der Waals surface area (Å²) in [6.07, 6.45) is 0. The lowest BCUT2D eigenvalue weighted by Gasteiger charge is -2.11. The number of hydrogen-bond donors (Lipinski definition) is 0. The molecule has 0 aliphatic carbocycles. The molecule has 0 fully saturated rings. The van der Waals surface area contributed by atoms with Gasteiger partial charge < -0.3 is 4.42 Å². The lowest BCUT2D eigenvalue weighted by molar-refractivity contribution is 0.669. The number of hydrogen-bond acceptors (Lipinski definition) is 1. The van der Waals surface area contributed by atoms with Gasteiger partial charge in [0, 0.05) is 10.8 Å². The Kier molecular flexibility index (Phi) is 5.45. The minimum atomic E-state index is 0.906. The van der Waals surface area contributed by atoms with Crippen molar-refractivity contribution in [2.75, 3.05) is 0 Å². The van der Waals surface area contributed by atoms with E-state index in [1.54, 1.807) is 0 Å². The van der Waals surface area contributed by atoms with Gasteiger partial charge in [0.1, 0.15) is 11.2 Å². The van der Waals surface area contributed by atoms with E-state index in [4.69, 9.17) is 4.42 Å². The Morgan fingerprint density at radius 1 is 0.245 bits per heavy atom. The Labute approximate surface area is 282 Å². The van der Waals surface area contributed by atoms with E-state index in [0.29, 0.717) is 0 Å². The summed E-state index contributed by atoms with van der Waals surface area (Å²) in [5.41, 5.74) is 6.55. The van der Waals surface area contributed by atoms with E-state index in [0.717, 1.165) is 33.1 Å². The Morgan fingerprint density at radius 2 is 0.673 bits per heavy atom. The minimum Gasteiger partial charge on any atom is -0.456 e. The molecule has 0 unspecified atom stereocenters. The van der Waals surface area contributed by atoms with Crippen LogP contribution in [-0.2, 0) is 0 Å². The fourth-order valence-electron chi connectivity index (χ4n) is 8.18. The van der Waals surface area contributed by atoms with Crippen LogP contribution in [0.25, 0.3) is 109 Å². The van der Waals surface area contributed by atoms with Gasteiger partial charge in [0.05, 0.1) is 0 Å². The van der Waals surface area contributed by atoms with E-state index < -0.39 is 0 Å². The molecule has 1 aromatic heterocycles. The van der Waals surface area contributed by atoms with Gasteiger partial charge in [-0.15, -0.1) is 0 Å². The van der Waals surface area contributed by atoms with Gasteiger partial charge in [-0.25, -0.2) is 0 Å². The van der Waals surface area contributed by atoms with E-state index in [-0.39, 0.29) is 0 Å². The van der Waals surface area contributed by atoms with E-state index in [1.165, 1.54) is 75.8 Å². The molecule has 226 valence electrons. The molecule has 0 spiro atoms. The van der Waals surface area contributed by atoms with Crippen LogP contribution < -0.4 is 0 Å². The van der Waals surface area contributed by atoms with Gasteiger partial charge in [-0.05, 0) is 135 Å². The molecular weight excluding hydrogens is 593 g/mol. The van der Waals surface area contributed by atoms with Gasteiger partial charge in [-0.1, -0.05) is 121 Å². The smallest absolute Gasteiger partial charge is 0.136 e. The Hall–Kier alpha value is -6.44. The summed E-state index contributed by atoms with van der Waals surface area (Å²) in [7, 11) is 0. The molecule has 0 aliphatic heterocycles. The van der Waals surface area contributed by atoms with E-state index in [1.807, 2.05) is 0 Å². The maximum atomic E-state index is 6.66. The predicted molar refractivity (Wildman–Crippen MR) is 210 cm³/mol. The van der Waals surface area contributed by atoms with Crippen LogP contribution in [0.3, 0.4) is 0 Å². The lowest BCUT2D eigenvalue weighted by Crippen LogP contribution is -1.84. The monoisotopic (exact) mass is 620 g/mol. The predicted octanol–water partition coefficient (Wildman–Crippen LogP) is 13.8. The highest BCUT2D eigenvalue weighted by atomic mass is 16.3. The van der Waals surface area contributed by atoms with Crippen LogP contribution in [0.5, 0.6) is 0 Å². The summed E-state index contributed by atoms with van der Waals surface area (Å²) >= 11 is 0. The van der Waals surface area contributed by atoms with Gasteiger partial charge in [0.2, 0.25) is 0 Å². The Balaban J connectivity index is 1.06. The van der Waals surface area contributed by atoms with Crippen molar-refractivity contribution in [2.45, 2.75) is 0 Å². The first kappa shape index (κ1) is 26.6. The van der Waals surface area contributed by atoms with E-state index >= 15 is 0 Å². The zero-order chi connectivity index (χ0) is 32.1. The lowest BCUT2D eigenvalue weighted by atomic mass is 9.93. The fourth-order valence-corrected chi connectivity index (χ4v) is 8.18. The fraction of sp³-hybridized carbons (Fsp3) is 0. The van der Waals surface area contributed by atoms with Crippen LogP contribution in [0.15, 0.2) is 174 Å². The molecule has 49 heavy (non-hydrogen) atoms. The third-order valence-corrected chi connectivity index (χ3v) is 10.6. The third kappa shape index (κ3) is 4.00. The van der Waals surface area contributed by atoms with Gasteiger partial charge >= 0.3 is 0 Å². The molecule has 11 rings (SSSR count). The highest BCUT2D eigenvalue weighted by Crippen LogP contribution is 2.40. The summed E-state index contributed by atoms with van der Waals surface area (Å²) in [6, 6.07) is 62.2. The average molecular weight is 621 g/mol. The molecule has 0 atom stereocenters. The quantitative estimate of drug-likeness (QED) is 0.138. The standard InChI is InChI=1S/C48H28O/c1-3-11-37-29(7-1)15-17-33-23-31-9-5-13-39(43(31)27-45(33)37)35-19-21-41-42-22-20-36(26-48(42)49-47(41)25-35)40-14-6-10-32-24-34-18-16-30-8-2-4-12-38(30)46(34)28-44(32)40/h1-28H. The van der Waals surface area contributed by atoms with Crippen molar-refractivity contribution >= 4 is 86.6 Å². The van der Waals surface area contributed by atoms with Crippen molar-refractivity contribution in [2.24, 2.45) is 0 Å². The molecule has 0 radical (unpaired) electrons. The second-order valence-corrected chi connectivity index (χ2v) is 13.3. The Morgan fingerprint density at radius 3 is 1.18 bits per heavy atom. The van der Waals surface area contributed by atoms with Gasteiger partial charge in [-0.2, -0.15) is 0 Å². The molecule has 11 aromatic rings. The molecule has 1 heterocycles. The molecule has 0 saturated heterocycles. The van der Waals surface area contributed by atoms with Crippen molar-refractivity contribution in [3.63, 3.8) is 0 Å². The van der Waals surface area contributed by atoms with Crippen molar-refractivity contribution in [3.8, 4) is 22.3 Å². The van der Waals surface area contributed by atoms with Gasteiger partial charge in [0.25, 0.3) is 0 Å². The van der Waals surface area contributed by atoms with E-state index in [2.05, 4.69) is 170 Å². The van der Waals surface area contributed by atoms with Crippen LogP contribution in [0.1, 0.15) is 0 Å². The minimum absolute atomic E-state index is 0.906. The summed E-state index contributed by atoms with van der Waals surface area (Å²) in [6.45, 7) is 0. The average Bonchev–Trinajstić information content (AvgIpc) is 3.53. The molecular formula is C48H28O. The summed E-state index contributed by atoms with van der Waals surface area (Å²) in [5.74, 6) is 0. The second kappa shape index (κ2) is 10.0. The topological polar surface area (TPSA) is 13.1 Å². The normalized spacial score (nSPS) is 12.1. The summed E-state index contributed by atoms with van der Waals surface area (Å²) in [4.78, 5) is 0. The van der Waals surface area contributed by atoms with E-state index in [9.17, 15) is 0 Å². The first-order chi connectivity index (χ1) is 24.2. The number of furan rings is 1. The van der Waals surface area contributed by atoms with Gasteiger partial charge in [0.15, 0.2) is 0 Å². The maximum absolute atomic E-state index is 6.66. The SMILES string of the molecule is c1cc(-c2ccc3c(c2)oc2cc(-c4cccc5cc6ccc7ccccc7c6cc45)ccc23)c2cc3c(ccc4ccccc43)cc2c1. The molecule has 0 aliphatic rings. The third-order valence-electron chi connectivity index (χ3n) is 10.6. The highest BCUT2D eigenvalue weighted by molar-refractivity contribution is 6.16. The van der Waals surface area contributed by atoms with Crippen LogP contribution >= 0.6 is 0 Å². The number of fused-ring (bicyclic) bond motifs is 11. The summed E-state index contributed by atoms with van der Waals surface area (Å²) < 4.78 is 6.66. The molecule has 0 saturated carbocycles. The molecule has 0 bridgehead atoms. The van der Waals surface area contributed by atoms with Crippen molar-refractivity contribution in [1.29, 1.82) is 0 Å².